The Morgan fingerprint density at radius 1 is 1.06 bits per heavy atom. The third-order valence-electron chi connectivity index (χ3n) is 5.06. The van der Waals surface area contributed by atoms with Gasteiger partial charge < -0.3 is 15.0 Å². The molecular formula is C25H22F2N4O3S. The van der Waals surface area contributed by atoms with Crippen LogP contribution in [0.4, 0.5) is 20.2 Å². The van der Waals surface area contributed by atoms with Crippen LogP contribution in [0.2, 0.25) is 0 Å². The Kier molecular flexibility index (Phi) is 7.31. The van der Waals surface area contributed by atoms with E-state index < -0.39 is 6.61 Å². The number of ether oxygens (including phenoxy) is 1. The Labute approximate surface area is 204 Å². The molecule has 0 bridgehead atoms. The van der Waals surface area contributed by atoms with Crippen LogP contribution in [0.3, 0.4) is 0 Å². The molecule has 1 amide bonds. The van der Waals surface area contributed by atoms with E-state index in [-0.39, 0.29) is 23.0 Å². The molecule has 180 valence electrons. The zero-order chi connectivity index (χ0) is 24.9. The standard InChI is InChI=1S/C25H22F2N4O3S/c1-30(2)17-9-7-16(8-10-17)28-22(32)15-35-25-29-21-6-4-3-5-20(21)23(33)31(25)18-11-13-19(14-12-18)34-24(26)27/h3-14,24H,15H2,1-2H3,(H,28,32). The highest BCUT2D eigenvalue weighted by molar-refractivity contribution is 7.99. The molecule has 0 atom stereocenters. The molecule has 0 radical (unpaired) electrons. The number of thioether (sulfide) groups is 1. The largest absolute Gasteiger partial charge is 0.435 e. The molecule has 4 rings (SSSR count). The molecule has 4 aromatic rings. The second-order valence-electron chi connectivity index (χ2n) is 7.70. The van der Waals surface area contributed by atoms with Crippen LogP contribution in [0.1, 0.15) is 0 Å². The summed E-state index contributed by atoms with van der Waals surface area (Å²) in [6, 6.07) is 20.0. The van der Waals surface area contributed by atoms with E-state index in [4.69, 9.17) is 0 Å². The van der Waals surface area contributed by atoms with Crippen molar-refractivity contribution in [2.45, 2.75) is 11.8 Å². The van der Waals surface area contributed by atoms with Gasteiger partial charge in [-0.2, -0.15) is 8.78 Å². The van der Waals surface area contributed by atoms with Crippen LogP contribution in [-0.2, 0) is 4.79 Å². The molecule has 0 aliphatic rings. The van der Waals surface area contributed by atoms with E-state index in [1.807, 2.05) is 43.3 Å². The first-order valence-electron chi connectivity index (χ1n) is 10.6. The Balaban J connectivity index is 1.60. The molecule has 1 N–H and O–H groups in total. The van der Waals surface area contributed by atoms with Crippen molar-refractivity contribution in [3.05, 3.63) is 83.2 Å². The van der Waals surface area contributed by atoms with Gasteiger partial charge in [0.1, 0.15) is 5.75 Å². The zero-order valence-corrected chi connectivity index (χ0v) is 19.8. The lowest BCUT2D eigenvalue weighted by molar-refractivity contribution is -0.113. The molecule has 0 spiro atoms. The maximum atomic E-state index is 13.3. The molecule has 10 heteroatoms. The lowest BCUT2D eigenvalue weighted by Crippen LogP contribution is -2.23. The zero-order valence-electron chi connectivity index (χ0n) is 18.9. The van der Waals surface area contributed by atoms with Gasteiger partial charge in [0.15, 0.2) is 5.16 Å². The lowest BCUT2D eigenvalue weighted by atomic mass is 10.2. The van der Waals surface area contributed by atoms with E-state index >= 15 is 0 Å². The highest BCUT2D eigenvalue weighted by Gasteiger charge is 2.15. The van der Waals surface area contributed by atoms with Gasteiger partial charge in [-0.3, -0.25) is 14.2 Å². The molecule has 7 nitrogen and oxygen atoms in total. The molecule has 0 aliphatic carbocycles. The molecule has 0 saturated carbocycles. The number of nitrogens with zero attached hydrogens (tertiary/aromatic N) is 3. The molecule has 0 aliphatic heterocycles. The summed E-state index contributed by atoms with van der Waals surface area (Å²) in [7, 11) is 3.86. The fraction of sp³-hybridized carbons (Fsp3) is 0.160. The average Bonchev–Trinajstić information content (AvgIpc) is 2.83. The van der Waals surface area contributed by atoms with Crippen molar-refractivity contribution in [1.82, 2.24) is 9.55 Å². The van der Waals surface area contributed by atoms with Crippen LogP contribution >= 0.6 is 11.8 Å². The Hall–Kier alpha value is -3.92. The van der Waals surface area contributed by atoms with Crippen molar-refractivity contribution in [3.8, 4) is 11.4 Å². The highest BCUT2D eigenvalue weighted by atomic mass is 32.2. The average molecular weight is 497 g/mol. The minimum absolute atomic E-state index is 0.00674. The van der Waals surface area contributed by atoms with E-state index in [0.717, 1.165) is 17.4 Å². The maximum absolute atomic E-state index is 13.3. The third-order valence-corrected chi connectivity index (χ3v) is 6.00. The molecule has 1 heterocycles. The summed E-state index contributed by atoms with van der Waals surface area (Å²) >= 11 is 1.10. The number of benzene rings is 3. The van der Waals surface area contributed by atoms with Crippen LogP contribution in [-0.4, -0.2) is 41.9 Å². The number of para-hydroxylation sites is 1. The fourth-order valence-corrected chi connectivity index (χ4v) is 4.20. The summed E-state index contributed by atoms with van der Waals surface area (Å²) in [6.07, 6.45) is 0. The van der Waals surface area contributed by atoms with Gasteiger partial charge in [0.25, 0.3) is 5.56 Å². The van der Waals surface area contributed by atoms with E-state index in [1.54, 1.807) is 24.3 Å². The van der Waals surface area contributed by atoms with Crippen LogP contribution < -0.4 is 20.5 Å². The van der Waals surface area contributed by atoms with E-state index in [2.05, 4.69) is 15.0 Å². The first-order valence-corrected chi connectivity index (χ1v) is 11.6. The first kappa shape index (κ1) is 24.2. The second-order valence-corrected chi connectivity index (χ2v) is 8.65. The summed E-state index contributed by atoms with van der Waals surface area (Å²) in [5.74, 6) is -0.283. The maximum Gasteiger partial charge on any atom is 0.387 e. The number of halogens is 2. The Bertz CT molecular complexity index is 1390. The third kappa shape index (κ3) is 5.78. The minimum Gasteiger partial charge on any atom is -0.435 e. The molecule has 0 saturated heterocycles. The predicted octanol–water partition coefficient (Wildman–Crippen LogP) is 4.78. The van der Waals surface area contributed by atoms with Gasteiger partial charge in [-0.05, 0) is 60.7 Å². The van der Waals surface area contributed by atoms with Gasteiger partial charge in [0.2, 0.25) is 5.91 Å². The molecule has 1 aromatic heterocycles. The minimum atomic E-state index is -2.95. The van der Waals surface area contributed by atoms with Gasteiger partial charge in [-0.1, -0.05) is 23.9 Å². The Morgan fingerprint density at radius 3 is 2.40 bits per heavy atom. The molecular weight excluding hydrogens is 474 g/mol. The van der Waals surface area contributed by atoms with Crippen molar-refractivity contribution in [2.24, 2.45) is 0 Å². The predicted molar refractivity (Wildman–Crippen MR) is 134 cm³/mol. The number of nitrogens with one attached hydrogen (secondary N) is 1. The normalized spacial score (nSPS) is 11.0. The van der Waals surface area contributed by atoms with Crippen molar-refractivity contribution >= 4 is 39.9 Å². The number of amides is 1. The van der Waals surface area contributed by atoms with Crippen LogP contribution in [0, 0.1) is 0 Å². The van der Waals surface area contributed by atoms with E-state index in [0.29, 0.717) is 27.4 Å². The fourth-order valence-electron chi connectivity index (χ4n) is 3.38. The van der Waals surface area contributed by atoms with Crippen molar-refractivity contribution in [1.29, 1.82) is 0 Å². The number of aromatic nitrogens is 2. The number of hydrogen-bond donors (Lipinski definition) is 1. The summed E-state index contributed by atoms with van der Waals surface area (Å²) < 4.78 is 30.8. The van der Waals surface area contributed by atoms with Crippen molar-refractivity contribution in [2.75, 3.05) is 30.1 Å². The summed E-state index contributed by atoms with van der Waals surface area (Å²) in [4.78, 5) is 32.4. The van der Waals surface area contributed by atoms with Crippen molar-refractivity contribution in [3.63, 3.8) is 0 Å². The Morgan fingerprint density at radius 2 is 1.74 bits per heavy atom. The van der Waals surface area contributed by atoms with Gasteiger partial charge in [0.05, 0.1) is 22.3 Å². The SMILES string of the molecule is CN(C)c1ccc(NC(=O)CSc2nc3ccccc3c(=O)n2-c2ccc(OC(F)F)cc2)cc1. The number of rotatable bonds is 8. The second kappa shape index (κ2) is 10.6. The van der Waals surface area contributed by atoms with Gasteiger partial charge in [-0.15, -0.1) is 0 Å². The number of anilines is 2. The number of hydrogen-bond acceptors (Lipinski definition) is 6. The summed E-state index contributed by atoms with van der Waals surface area (Å²) in [5.41, 5.74) is 2.23. The lowest BCUT2D eigenvalue weighted by Gasteiger charge is -2.14. The monoisotopic (exact) mass is 496 g/mol. The van der Waals surface area contributed by atoms with Crippen LogP contribution in [0.15, 0.2) is 82.7 Å². The smallest absolute Gasteiger partial charge is 0.387 e. The van der Waals surface area contributed by atoms with E-state index in [9.17, 15) is 18.4 Å². The van der Waals surface area contributed by atoms with Gasteiger partial charge in [-0.25, -0.2) is 4.98 Å². The van der Waals surface area contributed by atoms with Crippen LogP contribution in [0.25, 0.3) is 16.6 Å². The number of fused-ring (bicyclic) bond motifs is 1. The quantitative estimate of drug-likeness (QED) is 0.279. The highest BCUT2D eigenvalue weighted by Crippen LogP contribution is 2.24. The van der Waals surface area contributed by atoms with Crippen LogP contribution in [0.5, 0.6) is 5.75 Å². The van der Waals surface area contributed by atoms with Gasteiger partial charge in [0, 0.05) is 25.5 Å². The van der Waals surface area contributed by atoms with Gasteiger partial charge >= 0.3 is 6.61 Å². The molecule has 0 unspecified atom stereocenters. The first-order chi connectivity index (χ1) is 16.8. The van der Waals surface area contributed by atoms with E-state index in [1.165, 1.54) is 28.8 Å². The van der Waals surface area contributed by atoms with Crippen molar-refractivity contribution < 1.29 is 18.3 Å². The molecule has 35 heavy (non-hydrogen) atoms. The molecule has 0 fully saturated rings. The summed E-state index contributed by atoms with van der Waals surface area (Å²) in [6.45, 7) is -2.95. The topological polar surface area (TPSA) is 76.5 Å². The number of carbonyl (C=O) groups is 1. The molecule has 3 aromatic carbocycles. The summed E-state index contributed by atoms with van der Waals surface area (Å²) in [5, 5.41) is 3.53. The number of carbonyl (C=O) groups excluding carboxylic acids is 1. The number of alkyl halides is 2.